The average molecular weight is 259 g/mol. The quantitative estimate of drug-likeness (QED) is 0.765. The van der Waals surface area contributed by atoms with E-state index in [2.05, 4.69) is 25.1 Å². The number of halogens is 1. The topological polar surface area (TPSA) is 34.1 Å². The maximum Gasteiger partial charge on any atom is 0.232 e. The SMILES string of the molecule is Cc1cccc2c1CC(CS(=O)(=O)Cl)CC2. The van der Waals surface area contributed by atoms with Crippen LogP contribution in [0.25, 0.3) is 0 Å². The summed E-state index contributed by atoms with van der Waals surface area (Å²) in [6, 6.07) is 6.27. The van der Waals surface area contributed by atoms with E-state index in [1.165, 1.54) is 16.7 Å². The summed E-state index contributed by atoms with van der Waals surface area (Å²) in [4.78, 5) is 0. The van der Waals surface area contributed by atoms with Crippen LogP contribution in [0, 0.1) is 12.8 Å². The first kappa shape index (κ1) is 11.9. The van der Waals surface area contributed by atoms with Crippen LogP contribution in [0.2, 0.25) is 0 Å². The molecular weight excluding hydrogens is 244 g/mol. The fraction of sp³-hybridized carbons (Fsp3) is 0.500. The van der Waals surface area contributed by atoms with E-state index < -0.39 is 9.05 Å². The molecule has 16 heavy (non-hydrogen) atoms. The number of fused-ring (bicyclic) bond motifs is 1. The minimum atomic E-state index is -3.37. The second-order valence-corrected chi connectivity index (χ2v) is 7.35. The molecule has 1 aromatic carbocycles. The lowest BCUT2D eigenvalue weighted by molar-refractivity contribution is 0.494. The lowest BCUT2D eigenvalue weighted by Crippen LogP contribution is -2.21. The second kappa shape index (κ2) is 4.38. The van der Waals surface area contributed by atoms with Crippen molar-refractivity contribution < 1.29 is 8.42 Å². The Hall–Kier alpha value is -0.540. The van der Waals surface area contributed by atoms with Crippen LogP contribution in [0.4, 0.5) is 0 Å². The number of hydrogen-bond donors (Lipinski definition) is 0. The molecule has 1 aliphatic carbocycles. The van der Waals surface area contributed by atoms with Crippen LogP contribution in [-0.2, 0) is 21.9 Å². The molecule has 0 N–H and O–H groups in total. The molecule has 0 aromatic heterocycles. The van der Waals surface area contributed by atoms with Gasteiger partial charge in [-0.2, -0.15) is 0 Å². The second-order valence-electron chi connectivity index (χ2n) is 4.53. The van der Waals surface area contributed by atoms with Crippen molar-refractivity contribution in [2.75, 3.05) is 5.75 Å². The van der Waals surface area contributed by atoms with Crippen molar-refractivity contribution in [3.63, 3.8) is 0 Å². The Kier molecular flexibility index (Phi) is 3.27. The third-order valence-electron chi connectivity index (χ3n) is 3.26. The molecule has 0 aliphatic heterocycles. The highest BCUT2D eigenvalue weighted by Crippen LogP contribution is 2.29. The molecule has 1 unspecified atom stereocenters. The van der Waals surface area contributed by atoms with Gasteiger partial charge in [-0.25, -0.2) is 8.42 Å². The van der Waals surface area contributed by atoms with Crippen LogP contribution in [0.5, 0.6) is 0 Å². The molecule has 0 heterocycles. The van der Waals surface area contributed by atoms with Crippen LogP contribution < -0.4 is 0 Å². The highest BCUT2D eigenvalue weighted by atomic mass is 35.7. The van der Waals surface area contributed by atoms with Gasteiger partial charge in [0.25, 0.3) is 0 Å². The first-order chi connectivity index (χ1) is 7.46. The van der Waals surface area contributed by atoms with E-state index in [0.717, 1.165) is 19.3 Å². The summed E-state index contributed by atoms with van der Waals surface area (Å²) in [7, 11) is 1.94. The summed E-state index contributed by atoms with van der Waals surface area (Å²) in [6.07, 6.45) is 2.73. The van der Waals surface area contributed by atoms with Gasteiger partial charge in [-0.1, -0.05) is 18.2 Å². The fourth-order valence-corrected chi connectivity index (χ4v) is 3.85. The van der Waals surface area contributed by atoms with E-state index in [-0.39, 0.29) is 11.7 Å². The molecule has 0 amide bonds. The van der Waals surface area contributed by atoms with Crippen LogP contribution in [-0.4, -0.2) is 14.2 Å². The van der Waals surface area contributed by atoms with Gasteiger partial charge in [-0.05, 0) is 48.8 Å². The number of aryl methyl sites for hydroxylation is 2. The third kappa shape index (κ3) is 2.77. The molecule has 0 radical (unpaired) electrons. The summed E-state index contributed by atoms with van der Waals surface area (Å²) in [5.74, 6) is 0.276. The first-order valence-electron chi connectivity index (χ1n) is 5.45. The van der Waals surface area contributed by atoms with Crippen molar-refractivity contribution >= 4 is 19.7 Å². The molecule has 4 heteroatoms. The van der Waals surface area contributed by atoms with Gasteiger partial charge in [-0.15, -0.1) is 0 Å². The summed E-state index contributed by atoms with van der Waals surface area (Å²) < 4.78 is 22.1. The summed E-state index contributed by atoms with van der Waals surface area (Å²) in [5, 5.41) is 0. The van der Waals surface area contributed by atoms with Crippen LogP contribution in [0.15, 0.2) is 18.2 Å². The lowest BCUT2D eigenvalue weighted by atomic mass is 9.83. The molecule has 0 saturated heterocycles. The van der Waals surface area contributed by atoms with E-state index in [9.17, 15) is 8.42 Å². The molecule has 0 bridgehead atoms. The molecule has 1 aliphatic rings. The molecule has 1 atom stereocenters. The van der Waals surface area contributed by atoms with Crippen molar-refractivity contribution in [3.8, 4) is 0 Å². The zero-order valence-corrected chi connectivity index (χ0v) is 10.8. The van der Waals surface area contributed by atoms with E-state index in [0.29, 0.717) is 0 Å². The van der Waals surface area contributed by atoms with E-state index >= 15 is 0 Å². The van der Waals surface area contributed by atoms with Gasteiger partial charge in [0.2, 0.25) is 9.05 Å². The number of benzene rings is 1. The maximum atomic E-state index is 11.1. The van der Waals surface area contributed by atoms with Crippen LogP contribution in [0.3, 0.4) is 0 Å². The fourth-order valence-electron chi connectivity index (χ4n) is 2.46. The Morgan fingerprint density at radius 2 is 2.19 bits per heavy atom. The number of hydrogen-bond acceptors (Lipinski definition) is 2. The first-order valence-corrected chi connectivity index (χ1v) is 7.93. The van der Waals surface area contributed by atoms with E-state index in [1.807, 2.05) is 0 Å². The summed E-state index contributed by atoms with van der Waals surface area (Å²) in [6.45, 7) is 2.08. The minimum Gasteiger partial charge on any atom is -0.212 e. The zero-order chi connectivity index (χ0) is 11.8. The van der Waals surface area contributed by atoms with Gasteiger partial charge in [-0.3, -0.25) is 0 Å². The highest BCUT2D eigenvalue weighted by Gasteiger charge is 2.23. The van der Waals surface area contributed by atoms with Gasteiger partial charge >= 0.3 is 0 Å². The smallest absolute Gasteiger partial charge is 0.212 e. The summed E-state index contributed by atoms with van der Waals surface area (Å²) in [5.41, 5.74) is 3.94. The van der Waals surface area contributed by atoms with E-state index in [4.69, 9.17) is 10.7 Å². The van der Waals surface area contributed by atoms with Gasteiger partial charge in [0, 0.05) is 10.7 Å². The normalized spacial score (nSPS) is 20.5. The molecule has 2 rings (SSSR count). The summed E-state index contributed by atoms with van der Waals surface area (Å²) >= 11 is 0. The Bertz CT molecular complexity index is 494. The Morgan fingerprint density at radius 1 is 1.44 bits per heavy atom. The van der Waals surface area contributed by atoms with Crippen LogP contribution in [0.1, 0.15) is 23.1 Å². The Balaban J connectivity index is 2.20. The lowest BCUT2D eigenvalue weighted by Gasteiger charge is -2.25. The monoisotopic (exact) mass is 258 g/mol. The van der Waals surface area contributed by atoms with E-state index in [1.54, 1.807) is 0 Å². The van der Waals surface area contributed by atoms with Gasteiger partial charge in [0.1, 0.15) is 0 Å². The Labute approximate surface area is 101 Å². The number of rotatable bonds is 2. The van der Waals surface area contributed by atoms with Crippen molar-refractivity contribution in [1.29, 1.82) is 0 Å². The third-order valence-corrected chi connectivity index (χ3v) is 4.50. The van der Waals surface area contributed by atoms with Gasteiger partial charge in [0.15, 0.2) is 0 Å². The van der Waals surface area contributed by atoms with Crippen molar-refractivity contribution in [2.45, 2.75) is 26.2 Å². The zero-order valence-electron chi connectivity index (χ0n) is 9.24. The standard InChI is InChI=1S/C12H15ClO2S/c1-9-3-2-4-11-6-5-10(7-12(9)11)8-16(13,14)15/h2-4,10H,5-8H2,1H3. The molecule has 2 nitrogen and oxygen atoms in total. The van der Waals surface area contributed by atoms with Gasteiger partial charge < -0.3 is 0 Å². The molecular formula is C12H15ClO2S. The molecule has 0 spiro atoms. The van der Waals surface area contributed by atoms with Crippen molar-refractivity contribution in [3.05, 3.63) is 34.9 Å². The predicted molar refractivity (Wildman–Crippen MR) is 66.3 cm³/mol. The molecule has 1 aromatic rings. The minimum absolute atomic E-state index is 0.0995. The van der Waals surface area contributed by atoms with Crippen molar-refractivity contribution in [2.24, 2.45) is 5.92 Å². The highest BCUT2D eigenvalue weighted by molar-refractivity contribution is 8.13. The van der Waals surface area contributed by atoms with Crippen LogP contribution >= 0.6 is 10.7 Å². The van der Waals surface area contributed by atoms with Crippen molar-refractivity contribution in [1.82, 2.24) is 0 Å². The molecule has 0 saturated carbocycles. The molecule has 88 valence electrons. The largest absolute Gasteiger partial charge is 0.232 e. The maximum absolute atomic E-state index is 11.1. The predicted octanol–water partition coefficient (Wildman–Crippen LogP) is 2.67. The molecule has 0 fully saturated rings. The Morgan fingerprint density at radius 3 is 2.88 bits per heavy atom. The average Bonchev–Trinajstić information content (AvgIpc) is 2.17. The van der Waals surface area contributed by atoms with Gasteiger partial charge in [0.05, 0.1) is 5.75 Å².